The smallest absolute Gasteiger partial charge is 0.225 e. The zero-order valence-electron chi connectivity index (χ0n) is 11.6. The third-order valence-electron chi connectivity index (χ3n) is 4.85. The largest absolute Gasteiger partial charge is 0.375 e. The minimum Gasteiger partial charge on any atom is -0.375 e. The standard InChI is InChI=1S/C14H23FN2O2/c1-2-16-5-6-19-13-3-4-17(9-12(13)16)14(18)10-7-11(15)8-10/h10-13H,2-9H2,1H3/t10?,11?,12-,13-/m0/s1. The molecule has 108 valence electrons. The molecule has 3 rings (SSSR count). The van der Waals surface area contributed by atoms with E-state index in [1.807, 2.05) is 4.90 Å². The number of ether oxygens (including phenoxy) is 1. The van der Waals surface area contributed by atoms with Gasteiger partial charge < -0.3 is 9.64 Å². The molecule has 0 aromatic carbocycles. The van der Waals surface area contributed by atoms with Crippen LogP contribution in [0.5, 0.6) is 0 Å². The maximum Gasteiger partial charge on any atom is 0.225 e. The number of hydrogen-bond donors (Lipinski definition) is 0. The Morgan fingerprint density at radius 2 is 2.16 bits per heavy atom. The third kappa shape index (κ3) is 2.50. The van der Waals surface area contributed by atoms with Gasteiger partial charge in [0.15, 0.2) is 0 Å². The Labute approximate surface area is 113 Å². The highest BCUT2D eigenvalue weighted by atomic mass is 19.1. The van der Waals surface area contributed by atoms with E-state index in [1.54, 1.807) is 0 Å². The summed E-state index contributed by atoms with van der Waals surface area (Å²) in [5, 5.41) is 0. The van der Waals surface area contributed by atoms with Crippen molar-refractivity contribution >= 4 is 5.91 Å². The van der Waals surface area contributed by atoms with Crippen LogP contribution in [0.4, 0.5) is 4.39 Å². The summed E-state index contributed by atoms with van der Waals surface area (Å²) in [7, 11) is 0. The van der Waals surface area contributed by atoms with Crippen molar-refractivity contribution in [3.05, 3.63) is 0 Å². The van der Waals surface area contributed by atoms with Crippen LogP contribution in [0, 0.1) is 5.92 Å². The number of halogens is 1. The lowest BCUT2D eigenvalue weighted by molar-refractivity contribution is -0.150. The molecule has 3 fully saturated rings. The van der Waals surface area contributed by atoms with Crippen LogP contribution in [0.3, 0.4) is 0 Å². The van der Waals surface area contributed by atoms with Crippen LogP contribution >= 0.6 is 0 Å². The summed E-state index contributed by atoms with van der Waals surface area (Å²) in [5.74, 6) is 0.0973. The highest BCUT2D eigenvalue weighted by Crippen LogP contribution is 2.33. The van der Waals surface area contributed by atoms with E-state index >= 15 is 0 Å². The maximum absolute atomic E-state index is 12.9. The van der Waals surface area contributed by atoms with Gasteiger partial charge in [-0.15, -0.1) is 0 Å². The van der Waals surface area contributed by atoms with Crippen molar-refractivity contribution in [1.29, 1.82) is 0 Å². The molecule has 0 unspecified atom stereocenters. The van der Waals surface area contributed by atoms with E-state index in [1.165, 1.54) is 0 Å². The number of fused-ring (bicyclic) bond motifs is 1. The zero-order valence-corrected chi connectivity index (χ0v) is 11.6. The van der Waals surface area contributed by atoms with E-state index in [4.69, 9.17) is 4.74 Å². The molecule has 2 aliphatic heterocycles. The van der Waals surface area contributed by atoms with Gasteiger partial charge in [-0.05, 0) is 25.8 Å². The van der Waals surface area contributed by atoms with E-state index < -0.39 is 6.17 Å². The highest BCUT2D eigenvalue weighted by molar-refractivity contribution is 5.80. The van der Waals surface area contributed by atoms with Crippen molar-refractivity contribution in [1.82, 2.24) is 9.80 Å². The van der Waals surface area contributed by atoms with Crippen LogP contribution in [-0.2, 0) is 9.53 Å². The second-order valence-corrected chi connectivity index (χ2v) is 5.94. The summed E-state index contributed by atoms with van der Waals surface area (Å²) < 4.78 is 18.7. The van der Waals surface area contributed by atoms with Crippen LogP contribution < -0.4 is 0 Å². The molecule has 3 aliphatic rings. The quantitative estimate of drug-likeness (QED) is 0.752. The Morgan fingerprint density at radius 3 is 2.84 bits per heavy atom. The molecule has 1 aliphatic carbocycles. The average Bonchev–Trinajstić information content (AvgIpc) is 2.42. The Bertz CT molecular complexity index is 340. The topological polar surface area (TPSA) is 32.8 Å². The molecule has 0 aromatic heterocycles. The van der Waals surface area contributed by atoms with E-state index in [2.05, 4.69) is 11.8 Å². The molecule has 0 spiro atoms. The summed E-state index contributed by atoms with van der Waals surface area (Å²) in [6, 6.07) is 0.331. The number of hydrogen-bond acceptors (Lipinski definition) is 3. The lowest BCUT2D eigenvalue weighted by Gasteiger charge is -2.48. The molecule has 4 nitrogen and oxygen atoms in total. The predicted octanol–water partition coefficient (Wildman–Crippen LogP) is 1.06. The maximum atomic E-state index is 12.9. The SMILES string of the molecule is CCN1CCO[C@H]2CCN(C(=O)C3CC(F)C3)C[C@@H]21. The van der Waals surface area contributed by atoms with Crippen molar-refractivity contribution < 1.29 is 13.9 Å². The number of carbonyl (C=O) groups excluding carboxylic acids is 1. The van der Waals surface area contributed by atoms with Gasteiger partial charge in [0.05, 0.1) is 18.8 Å². The van der Waals surface area contributed by atoms with Crippen LogP contribution in [0.1, 0.15) is 26.2 Å². The number of likely N-dealkylation sites (N-methyl/N-ethyl adjacent to an activating group) is 1. The lowest BCUT2D eigenvalue weighted by atomic mass is 9.82. The van der Waals surface area contributed by atoms with Gasteiger partial charge in [-0.1, -0.05) is 6.92 Å². The fraction of sp³-hybridized carbons (Fsp3) is 0.929. The van der Waals surface area contributed by atoms with Gasteiger partial charge in [-0.2, -0.15) is 0 Å². The van der Waals surface area contributed by atoms with Crippen molar-refractivity contribution in [3.8, 4) is 0 Å². The summed E-state index contributed by atoms with van der Waals surface area (Å²) in [6.07, 6.45) is 1.29. The molecule has 0 aromatic rings. The second-order valence-electron chi connectivity index (χ2n) is 5.94. The number of morpholine rings is 1. The molecular formula is C14H23FN2O2. The van der Waals surface area contributed by atoms with Crippen LogP contribution in [0.25, 0.3) is 0 Å². The van der Waals surface area contributed by atoms with Gasteiger partial charge in [0, 0.05) is 25.6 Å². The van der Waals surface area contributed by atoms with Crippen molar-refractivity contribution in [3.63, 3.8) is 0 Å². The Kier molecular flexibility index (Phi) is 3.76. The van der Waals surface area contributed by atoms with Gasteiger partial charge in [0.25, 0.3) is 0 Å². The van der Waals surface area contributed by atoms with Crippen molar-refractivity contribution in [2.45, 2.75) is 44.5 Å². The van der Waals surface area contributed by atoms with Gasteiger partial charge >= 0.3 is 0 Å². The minimum absolute atomic E-state index is 0.0638. The Hall–Kier alpha value is -0.680. The predicted molar refractivity (Wildman–Crippen MR) is 69.6 cm³/mol. The first-order valence-electron chi connectivity index (χ1n) is 7.47. The number of alkyl halides is 1. The Morgan fingerprint density at radius 1 is 1.37 bits per heavy atom. The van der Waals surface area contributed by atoms with E-state index in [0.717, 1.165) is 39.2 Å². The molecule has 0 N–H and O–H groups in total. The van der Waals surface area contributed by atoms with E-state index in [9.17, 15) is 9.18 Å². The van der Waals surface area contributed by atoms with Crippen LogP contribution in [0.2, 0.25) is 0 Å². The second kappa shape index (κ2) is 5.37. The van der Waals surface area contributed by atoms with Crippen LogP contribution in [0.15, 0.2) is 0 Å². The van der Waals surface area contributed by atoms with Crippen molar-refractivity contribution in [2.75, 3.05) is 32.8 Å². The molecule has 1 amide bonds. The lowest BCUT2D eigenvalue weighted by Crippen LogP contribution is -2.61. The number of likely N-dealkylation sites (tertiary alicyclic amines) is 1. The highest BCUT2D eigenvalue weighted by Gasteiger charge is 2.42. The fourth-order valence-electron chi connectivity index (χ4n) is 3.54. The van der Waals surface area contributed by atoms with Gasteiger partial charge in [-0.25, -0.2) is 4.39 Å². The first kappa shape index (κ1) is 13.3. The number of rotatable bonds is 2. The third-order valence-corrected chi connectivity index (χ3v) is 4.85. The molecule has 2 saturated heterocycles. The van der Waals surface area contributed by atoms with Crippen molar-refractivity contribution in [2.24, 2.45) is 5.92 Å². The summed E-state index contributed by atoms with van der Waals surface area (Å²) >= 11 is 0. The first-order chi connectivity index (χ1) is 9.19. The molecule has 2 heterocycles. The van der Waals surface area contributed by atoms with E-state index in [0.29, 0.717) is 18.9 Å². The van der Waals surface area contributed by atoms with Crippen LogP contribution in [-0.4, -0.2) is 66.8 Å². The number of nitrogens with zero attached hydrogens (tertiary/aromatic N) is 2. The molecule has 1 saturated carbocycles. The summed E-state index contributed by atoms with van der Waals surface area (Å²) in [4.78, 5) is 16.6. The molecule has 2 atom stereocenters. The monoisotopic (exact) mass is 270 g/mol. The summed E-state index contributed by atoms with van der Waals surface area (Å²) in [6.45, 7) is 6.44. The Balaban J connectivity index is 1.61. The molecule has 5 heteroatoms. The minimum atomic E-state index is -0.753. The number of carbonyl (C=O) groups is 1. The molecule has 19 heavy (non-hydrogen) atoms. The molecule has 0 radical (unpaired) electrons. The average molecular weight is 270 g/mol. The number of piperidine rings is 1. The number of amides is 1. The fourth-order valence-corrected chi connectivity index (χ4v) is 3.54. The molecular weight excluding hydrogens is 247 g/mol. The summed E-state index contributed by atoms with van der Waals surface area (Å²) in [5.41, 5.74) is 0. The van der Waals surface area contributed by atoms with Gasteiger partial charge in [0.2, 0.25) is 5.91 Å². The molecule has 0 bridgehead atoms. The normalized spacial score (nSPS) is 39.6. The van der Waals surface area contributed by atoms with E-state index in [-0.39, 0.29) is 17.9 Å². The van der Waals surface area contributed by atoms with Gasteiger partial charge in [-0.3, -0.25) is 9.69 Å². The first-order valence-corrected chi connectivity index (χ1v) is 7.47. The zero-order chi connectivity index (χ0) is 13.4. The van der Waals surface area contributed by atoms with Gasteiger partial charge in [0.1, 0.15) is 6.17 Å².